The number of aliphatic hydroxyl groups is 1. The second-order valence-corrected chi connectivity index (χ2v) is 4.96. The number of nitrogens with two attached hydrogens (primary N) is 1. The summed E-state index contributed by atoms with van der Waals surface area (Å²) in [7, 11) is 0. The number of hydrogen-bond acceptors (Lipinski definition) is 6. The molecule has 1 aromatic heterocycles. The maximum Gasteiger partial charge on any atom is 0.340 e. The number of ether oxygens (including phenoxy) is 1. The standard InChI is InChI=1S/C14H21N3O3/c1-2-20-14(19)11-7-13(16-8-12(11)15)17-5-3-10(9-17)4-6-18/h7-8,10,18H,2-6,9,15H2,1H3. The number of rotatable bonds is 5. The van der Waals surface area contributed by atoms with E-state index in [1.807, 2.05) is 0 Å². The highest BCUT2D eigenvalue weighted by molar-refractivity contribution is 5.95. The van der Waals surface area contributed by atoms with Crippen molar-refractivity contribution < 1.29 is 14.6 Å². The molecule has 0 aromatic carbocycles. The molecule has 2 rings (SSSR count). The Morgan fingerprint density at radius 2 is 2.45 bits per heavy atom. The molecular formula is C14H21N3O3. The van der Waals surface area contributed by atoms with Crippen molar-refractivity contribution in [3.8, 4) is 0 Å². The van der Waals surface area contributed by atoms with Gasteiger partial charge < -0.3 is 20.5 Å². The molecule has 1 saturated heterocycles. The Kier molecular flexibility index (Phi) is 4.79. The van der Waals surface area contributed by atoms with Crippen molar-refractivity contribution in [2.75, 3.05) is 36.9 Å². The van der Waals surface area contributed by atoms with Gasteiger partial charge in [0.1, 0.15) is 5.82 Å². The van der Waals surface area contributed by atoms with Gasteiger partial charge in [-0.25, -0.2) is 9.78 Å². The van der Waals surface area contributed by atoms with Crippen LogP contribution in [-0.4, -0.2) is 42.4 Å². The van der Waals surface area contributed by atoms with E-state index >= 15 is 0 Å². The lowest BCUT2D eigenvalue weighted by atomic mass is 10.1. The largest absolute Gasteiger partial charge is 0.462 e. The summed E-state index contributed by atoms with van der Waals surface area (Å²) in [6.07, 6.45) is 3.33. The summed E-state index contributed by atoms with van der Waals surface area (Å²) in [5, 5.41) is 8.98. The third-order valence-electron chi connectivity index (χ3n) is 3.56. The van der Waals surface area contributed by atoms with Gasteiger partial charge in [0.25, 0.3) is 0 Å². The maximum atomic E-state index is 11.8. The number of esters is 1. The van der Waals surface area contributed by atoms with Gasteiger partial charge in [-0.2, -0.15) is 0 Å². The predicted molar refractivity (Wildman–Crippen MR) is 76.6 cm³/mol. The van der Waals surface area contributed by atoms with Gasteiger partial charge in [-0.05, 0) is 31.7 Å². The normalized spacial score (nSPS) is 18.3. The average Bonchev–Trinajstić information content (AvgIpc) is 2.88. The van der Waals surface area contributed by atoms with E-state index in [-0.39, 0.29) is 6.61 Å². The van der Waals surface area contributed by atoms with Crippen LogP contribution in [0.1, 0.15) is 30.1 Å². The summed E-state index contributed by atoms with van der Waals surface area (Å²) in [6.45, 7) is 4.01. The second kappa shape index (κ2) is 6.56. The van der Waals surface area contributed by atoms with E-state index in [0.29, 0.717) is 23.8 Å². The lowest BCUT2D eigenvalue weighted by Gasteiger charge is -2.18. The number of aliphatic hydroxyl groups excluding tert-OH is 1. The van der Waals surface area contributed by atoms with Crippen LogP contribution in [0.2, 0.25) is 0 Å². The van der Waals surface area contributed by atoms with Crippen LogP contribution < -0.4 is 10.6 Å². The van der Waals surface area contributed by atoms with Crippen molar-refractivity contribution >= 4 is 17.5 Å². The fourth-order valence-electron chi connectivity index (χ4n) is 2.47. The van der Waals surface area contributed by atoms with Crippen LogP contribution in [0.4, 0.5) is 11.5 Å². The number of pyridine rings is 1. The predicted octanol–water partition coefficient (Wildman–Crippen LogP) is 1.05. The maximum absolute atomic E-state index is 11.8. The molecule has 0 radical (unpaired) electrons. The van der Waals surface area contributed by atoms with Gasteiger partial charge in [-0.3, -0.25) is 0 Å². The Labute approximate surface area is 118 Å². The van der Waals surface area contributed by atoms with Crippen molar-refractivity contribution in [2.45, 2.75) is 19.8 Å². The second-order valence-electron chi connectivity index (χ2n) is 4.96. The molecule has 6 heteroatoms. The smallest absolute Gasteiger partial charge is 0.340 e. The van der Waals surface area contributed by atoms with Gasteiger partial charge >= 0.3 is 5.97 Å². The molecule has 3 N–H and O–H groups in total. The number of aromatic nitrogens is 1. The Bertz CT molecular complexity index is 479. The highest BCUT2D eigenvalue weighted by Crippen LogP contribution is 2.26. The Morgan fingerprint density at radius 1 is 1.65 bits per heavy atom. The average molecular weight is 279 g/mol. The minimum Gasteiger partial charge on any atom is -0.462 e. The number of anilines is 2. The lowest BCUT2D eigenvalue weighted by molar-refractivity contribution is 0.0527. The van der Waals surface area contributed by atoms with Crippen molar-refractivity contribution in [3.05, 3.63) is 17.8 Å². The first-order chi connectivity index (χ1) is 9.65. The van der Waals surface area contributed by atoms with E-state index < -0.39 is 5.97 Å². The fraction of sp³-hybridized carbons (Fsp3) is 0.571. The Hall–Kier alpha value is -1.82. The molecule has 0 amide bonds. The number of hydrogen-bond donors (Lipinski definition) is 2. The number of carbonyl (C=O) groups is 1. The summed E-state index contributed by atoms with van der Waals surface area (Å²) < 4.78 is 4.99. The molecule has 1 fully saturated rings. The van der Waals surface area contributed by atoms with Crippen molar-refractivity contribution in [1.29, 1.82) is 0 Å². The van der Waals surface area contributed by atoms with E-state index in [1.54, 1.807) is 13.0 Å². The molecule has 1 aromatic rings. The topological polar surface area (TPSA) is 88.7 Å². The van der Waals surface area contributed by atoms with Gasteiger partial charge in [-0.1, -0.05) is 0 Å². The van der Waals surface area contributed by atoms with Crippen LogP contribution in [-0.2, 0) is 4.74 Å². The van der Waals surface area contributed by atoms with E-state index in [4.69, 9.17) is 15.6 Å². The molecule has 2 heterocycles. The highest BCUT2D eigenvalue weighted by atomic mass is 16.5. The molecule has 20 heavy (non-hydrogen) atoms. The van der Waals surface area contributed by atoms with E-state index in [0.717, 1.165) is 31.7 Å². The fourth-order valence-corrected chi connectivity index (χ4v) is 2.47. The van der Waals surface area contributed by atoms with Crippen LogP contribution in [0.25, 0.3) is 0 Å². The Balaban J connectivity index is 2.13. The quantitative estimate of drug-likeness (QED) is 0.783. The van der Waals surface area contributed by atoms with Crippen LogP contribution in [0.3, 0.4) is 0 Å². The third kappa shape index (κ3) is 3.19. The van der Waals surface area contributed by atoms with E-state index in [9.17, 15) is 4.79 Å². The molecular weight excluding hydrogens is 258 g/mol. The zero-order valence-electron chi connectivity index (χ0n) is 11.7. The minimum atomic E-state index is -0.417. The zero-order chi connectivity index (χ0) is 14.5. The van der Waals surface area contributed by atoms with Gasteiger partial charge in [0.15, 0.2) is 0 Å². The van der Waals surface area contributed by atoms with Crippen LogP contribution >= 0.6 is 0 Å². The summed E-state index contributed by atoms with van der Waals surface area (Å²) in [5.74, 6) is 0.799. The molecule has 0 aliphatic carbocycles. The summed E-state index contributed by atoms with van der Waals surface area (Å²) in [4.78, 5) is 18.2. The number of carbonyl (C=O) groups excluding carboxylic acids is 1. The highest BCUT2D eigenvalue weighted by Gasteiger charge is 2.24. The molecule has 1 aliphatic heterocycles. The zero-order valence-corrected chi connectivity index (χ0v) is 11.7. The molecule has 0 bridgehead atoms. The molecule has 110 valence electrons. The van der Waals surface area contributed by atoms with Gasteiger partial charge in [0.2, 0.25) is 0 Å². The van der Waals surface area contributed by atoms with Gasteiger partial charge in [-0.15, -0.1) is 0 Å². The van der Waals surface area contributed by atoms with Crippen molar-refractivity contribution in [3.63, 3.8) is 0 Å². The van der Waals surface area contributed by atoms with Gasteiger partial charge in [0, 0.05) is 19.7 Å². The van der Waals surface area contributed by atoms with Crippen molar-refractivity contribution in [2.24, 2.45) is 5.92 Å². The monoisotopic (exact) mass is 279 g/mol. The SMILES string of the molecule is CCOC(=O)c1cc(N2CCC(CCO)C2)ncc1N. The Morgan fingerprint density at radius 3 is 3.15 bits per heavy atom. The number of nitrogens with zero attached hydrogens (tertiary/aromatic N) is 2. The molecule has 1 unspecified atom stereocenters. The molecule has 0 spiro atoms. The minimum absolute atomic E-state index is 0.210. The number of nitrogen functional groups attached to an aromatic ring is 1. The van der Waals surface area contributed by atoms with Crippen molar-refractivity contribution in [1.82, 2.24) is 4.98 Å². The summed E-state index contributed by atoms with van der Waals surface area (Å²) in [6, 6.07) is 1.69. The first-order valence-electron chi connectivity index (χ1n) is 6.94. The van der Waals surface area contributed by atoms with E-state index in [2.05, 4.69) is 9.88 Å². The molecule has 0 saturated carbocycles. The first kappa shape index (κ1) is 14.6. The van der Waals surface area contributed by atoms with Crippen LogP contribution in [0.5, 0.6) is 0 Å². The molecule has 6 nitrogen and oxygen atoms in total. The van der Waals surface area contributed by atoms with Crippen LogP contribution in [0, 0.1) is 5.92 Å². The third-order valence-corrected chi connectivity index (χ3v) is 3.56. The van der Waals surface area contributed by atoms with E-state index in [1.165, 1.54) is 6.20 Å². The molecule has 1 aliphatic rings. The van der Waals surface area contributed by atoms with Gasteiger partial charge in [0.05, 0.1) is 24.1 Å². The summed E-state index contributed by atoms with van der Waals surface area (Å²) >= 11 is 0. The molecule has 1 atom stereocenters. The lowest BCUT2D eigenvalue weighted by Crippen LogP contribution is -2.22. The summed E-state index contributed by atoms with van der Waals surface area (Å²) in [5.41, 5.74) is 6.47. The first-order valence-corrected chi connectivity index (χ1v) is 6.94. The van der Waals surface area contributed by atoms with Crippen LogP contribution in [0.15, 0.2) is 12.3 Å².